The van der Waals surface area contributed by atoms with Gasteiger partial charge in [0.25, 0.3) is 5.56 Å². The van der Waals surface area contributed by atoms with Gasteiger partial charge in [0.1, 0.15) is 4.47 Å². The Morgan fingerprint density at radius 3 is 2.50 bits per heavy atom. The van der Waals surface area contributed by atoms with Gasteiger partial charge in [-0.25, -0.2) is 4.98 Å². The van der Waals surface area contributed by atoms with E-state index in [0.29, 0.717) is 10.4 Å². The van der Waals surface area contributed by atoms with Gasteiger partial charge in [-0.05, 0) is 35.8 Å². The van der Waals surface area contributed by atoms with E-state index >= 15 is 0 Å². The predicted molar refractivity (Wildman–Crippen MR) is 83.5 cm³/mol. The van der Waals surface area contributed by atoms with Crippen molar-refractivity contribution in [3.05, 3.63) is 20.5 Å². The highest BCUT2D eigenvalue weighted by molar-refractivity contribution is 9.10. The molecule has 5 nitrogen and oxygen atoms in total. The SMILES string of the molecule is CN1CCN(c2nc(C3CCCC3)c(Br)c(=O)[nH]2)CC1. The minimum Gasteiger partial charge on any atom is -0.340 e. The average molecular weight is 341 g/mol. The molecule has 1 aromatic rings. The maximum Gasteiger partial charge on any atom is 0.266 e. The molecule has 0 bridgehead atoms. The highest BCUT2D eigenvalue weighted by atomic mass is 79.9. The van der Waals surface area contributed by atoms with Gasteiger partial charge >= 0.3 is 0 Å². The molecule has 0 radical (unpaired) electrons. The van der Waals surface area contributed by atoms with Crippen LogP contribution < -0.4 is 10.5 Å². The van der Waals surface area contributed by atoms with Crippen LogP contribution in [0.2, 0.25) is 0 Å². The molecule has 3 rings (SSSR count). The Bertz CT molecular complexity index is 530. The first kappa shape index (κ1) is 14.1. The summed E-state index contributed by atoms with van der Waals surface area (Å²) < 4.78 is 0.627. The zero-order valence-electron chi connectivity index (χ0n) is 11.9. The van der Waals surface area contributed by atoms with Gasteiger partial charge in [-0.15, -0.1) is 0 Å². The molecule has 0 unspecified atom stereocenters. The van der Waals surface area contributed by atoms with Gasteiger partial charge in [0.05, 0.1) is 5.69 Å². The van der Waals surface area contributed by atoms with Crippen molar-refractivity contribution in [3.63, 3.8) is 0 Å². The first-order chi connectivity index (χ1) is 9.65. The van der Waals surface area contributed by atoms with Gasteiger partial charge < -0.3 is 9.80 Å². The molecule has 6 heteroatoms. The first-order valence-electron chi connectivity index (χ1n) is 7.38. The lowest BCUT2D eigenvalue weighted by molar-refractivity contribution is 0.311. The van der Waals surface area contributed by atoms with Gasteiger partial charge in [0.2, 0.25) is 5.95 Å². The molecule has 0 atom stereocenters. The van der Waals surface area contributed by atoms with E-state index in [9.17, 15) is 4.79 Å². The summed E-state index contributed by atoms with van der Waals surface area (Å²) in [6.07, 6.45) is 4.79. The van der Waals surface area contributed by atoms with Crippen molar-refractivity contribution in [1.29, 1.82) is 0 Å². The Balaban J connectivity index is 1.90. The van der Waals surface area contributed by atoms with Crippen LogP contribution in [0, 0.1) is 0 Å². The molecule has 20 heavy (non-hydrogen) atoms. The molecular formula is C14H21BrN4O. The Labute approximate surface area is 127 Å². The summed E-state index contributed by atoms with van der Waals surface area (Å²) in [6, 6.07) is 0. The number of aromatic nitrogens is 2. The van der Waals surface area contributed by atoms with Crippen molar-refractivity contribution in [1.82, 2.24) is 14.9 Å². The van der Waals surface area contributed by atoms with Crippen LogP contribution in [-0.4, -0.2) is 48.1 Å². The van der Waals surface area contributed by atoms with E-state index in [2.05, 4.69) is 37.8 Å². The van der Waals surface area contributed by atoms with Crippen LogP contribution in [0.3, 0.4) is 0 Å². The van der Waals surface area contributed by atoms with Gasteiger partial charge in [-0.1, -0.05) is 12.8 Å². The normalized spacial score (nSPS) is 21.6. The van der Waals surface area contributed by atoms with Crippen molar-refractivity contribution in [3.8, 4) is 0 Å². The maximum atomic E-state index is 12.1. The predicted octanol–water partition coefficient (Wildman–Crippen LogP) is 1.94. The Morgan fingerprint density at radius 2 is 1.85 bits per heavy atom. The summed E-state index contributed by atoms with van der Waals surface area (Å²) in [5.41, 5.74) is 0.913. The van der Waals surface area contributed by atoms with Crippen LogP contribution in [-0.2, 0) is 0 Å². The molecule has 110 valence electrons. The number of piperazine rings is 1. The topological polar surface area (TPSA) is 52.2 Å². The van der Waals surface area contributed by atoms with Crippen molar-refractivity contribution < 1.29 is 0 Å². The van der Waals surface area contributed by atoms with Gasteiger partial charge in [0.15, 0.2) is 0 Å². The van der Waals surface area contributed by atoms with Crippen molar-refractivity contribution in [2.45, 2.75) is 31.6 Å². The molecule has 1 saturated carbocycles. The maximum absolute atomic E-state index is 12.1. The number of likely N-dealkylation sites (N-methyl/N-ethyl adjacent to an activating group) is 1. The summed E-state index contributed by atoms with van der Waals surface area (Å²) in [5.74, 6) is 1.19. The van der Waals surface area contributed by atoms with E-state index in [-0.39, 0.29) is 5.56 Å². The third-order valence-electron chi connectivity index (χ3n) is 4.42. The van der Waals surface area contributed by atoms with Crippen molar-refractivity contribution in [2.24, 2.45) is 0 Å². The smallest absolute Gasteiger partial charge is 0.266 e. The molecule has 0 spiro atoms. The van der Waals surface area contributed by atoms with E-state index < -0.39 is 0 Å². The highest BCUT2D eigenvalue weighted by Crippen LogP contribution is 2.35. The summed E-state index contributed by atoms with van der Waals surface area (Å²) in [5, 5.41) is 0. The van der Waals surface area contributed by atoms with Crippen LogP contribution in [0.5, 0.6) is 0 Å². The number of H-pyrrole nitrogens is 1. The van der Waals surface area contributed by atoms with Crippen LogP contribution >= 0.6 is 15.9 Å². The third kappa shape index (κ3) is 2.76. The van der Waals surface area contributed by atoms with Crippen molar-refractivity contribution >= 4 is 21.9 Å². The quantitative estimate of drug-likeness (QED) is 0.893. The van der Waals surface area contributed by atoms with E-state index in [0.717, 1.165) is 50.7 Å². The lowest BCUT2D eigenvalue weighted by Gasteiger charge is -2.33. The molecule has 1 aliphatic carbocycles. The van der Waals surface area contributed by atoms with Gasteiger partial charge in [-0.2, -0.15) is 0 Å². The number of nitrogens with zero attached hydrogens (tertiary/aromatic N) is 3. The molecule has 0 aromatic carbocycles. The zero-order valence-corrected chi connectivity index (χ0v) is 13.4. The zero-order chi connectivity index (χ0) is 14.1. The number of aromatic amines is 1. The molecule has 1 saturated heterocycles. The fraction of sp³-hybridized carbons (Fsp3) is 0.714. The largest absolute Gasteiger partial charge is 0.340 e. The van der Waals surface area contributed by atoms with Crippen molar-refractivity contribution in [2.75, 3.05) is 38.1 Å². The monoisotopic (exact) mass is 340 g/mol. The summed E-state index contributed by atoms with van der Waals surface area (Å²) >= 11 is 3.42. The number of halogens is 1. The molecule has 0 amide bonds. The lowest BCUT2D eigenvalue weighted by atomic mass is 10.0. The molecular weight excluding hydrogens is 320 g/mol. The Morgan fingerprint density at radius 1 is 1.20 bits per heavy atom. The molecule has 2 heterocycles. The minimum absolute atomic E-state index is 0.0455. The second-order valence-corrected chi connectivity index (χ2v) is 6.65. The number of rotatable bonds is 2. The van der Waals surface area contributed by atoms with Crippen LogP contribution in [0.1, 0.15) is 37.3 Å². The molecule has 2 fully saturated rings. The third-order valence-corrected chi connectivity index (χ3v) is 5.19. The van der Waals surface area contributed by atoms with Crippen LogP contribution in [0.25, 0.3) is 0 Å². The second-order valence-electron chi connectivity index (χ2n) is 5.86. The standard InChI is InChI=1S/C14H21BrN4O/c1-18-6-8-19(9-7-18)14-16-12(10-4-2-3-5-10)11(15)13(20)17-14/h10H,2-9H2,1H3,(H,16,17,20). The number of hydrogen-bond acceptors (Lipinski definition) is 4. The number of anilines is 1. The first-order valence-corrected chi connectivity index (χ1v) is 8.17. The molecule has 2 aliphatic rings. The van der Waals surface area contributed by atoms with Gasteiger partial charge in [0, 0.05) is 32.1 Å². The van der Waals surface area contributed by atoms with E-state index in [1.54, 1.807) is 0 Å². The molecule has 1 aromatic heterocycles. The molecule has 1 N–H and O–H groups in total. The Kier molecular flexibility index (Phi) is 4.12. The number of nitrogens with one attached hydrogen (secondary N) is 1. The van der Waals surface area contributed by atoms with E-state index in [1.807, 2.05) is 0 Å². The van der Waals surface area contributed by atoms with E-state index in [4.69, 9.17) is 4.98 Å². The fourth-order valence-electron chi connectivity index (χ4n) is 3.10. The summed E-state index contributed by atoms with van der Waals surface area (Å²) in [6.45, 7) is 3.87. The van der Waals surface area contributed by atoms with Crippen LogP contribution in [0.15, 0.2) is 9.27 Å². The van der Waals surface area contributed by atoms with Gasteiger partial charge in [-0.3, -0.25) is 9.78 Å². The Hall–Kier alpha value is -0.880. The minimum atomic E-state index is -0.0455. The number of hydrogen-bond donors (Lipinski definition) is 1. The second kappa shape index (κ2) is 5.85. The molecule has 1 aliphatic heterocycles. The summed E-state index contributed by atoms with van der Waals surface area (Å²) in [4.78, 5) is 24.3. The highest BCUT2D eigenvalue weighted by Gasteiger charge is 2.25. The van der Waals surface area contributed by atoms with Crippen LogP contribution in [0.4, 0.5) is 5.95 Å². The summed E-state index contributed by atoms with van der Waals surface area (Å²) in [7, 11) is 2.12. The fourth-order valence-corrected chi connectivity index (χ4v) is 3.61. The average Bonchev–Trinajstić information content (AvgIpc) is 2.96. The van der Waals surface area contributed by atoms with E-state index in [1.165, 1.54) is 12.8 Å². The lowest BCUT2D eigenvalue weighted by Crippen LogP contribution is -2.45.